The molecule has 0 aliphatic carbocycles. The zero-order valence-corrected chi connectivity index (χ0v) is 14.2. The summed E-state index contributed by atoms with van der Waals surface area (Å²) < 4.78 is 28.5. The third kappa shape index (κ3) is 9.47. The zero-order valence-electron chi connectivity index (χ0n) is 11.4. The van der Waals surface area contributed by atoms with Gasteiger partial charge in [-0.25, -0.2) is 4.79 Å². The van der Waals surface area contributed by atoms with Crippen molar-refractivity contribution >= 4 is 28.0 Å². The van der Waals surface area contributed by atoms with Crippen molar-refractivity contribution < 1.29 is 72.2 Å². The van der Waals surface area contributed by atoms with Crippen LogP contribution in [0.25, 0.3) is 0 Å². The molecule has 0 aliphatic heterocycles. The first-order valence-corrected chi connectivity index (χ1v) is 6.73. The van der Waals surface area contributed by atoms with Gasteiger partial charge in [0, 0.05) is 0 Å². The second kappa shape index (κ2) is 10.3. The van der Waals surface area contributed by atoms with Crippen LogP contribution in [0.3, 0.4) is 0 Å². The number of carbonyl (C=O) groups is 3. The Kier molecular flexibility index (Phi) is 10.7. The van der Waals surface area contributed by atoms with E-state index >= 15 is 0 Å². The van der Waals surface area contributed by atoms with Crippen LogP contribution in [0.1, 0.15) is 16.8 Å². The van der Waals surface area contributed by atoms with E-state index in [2.05, 4.69) is 0 Å². The van der Waals surface area contributed by atoms with Crippen LogP contribution in [0, 0.1) is 0 Å². The van der Waals surface area contributed by atoms with Crippen LogP contribution in [-0.2, 0) is 19.7 Å². The largest absolute Gasteiger partial charge is 1.00 e. The van der Waals surface area contributed by atoms with E-state index in [1.54, 1.807) is 30.3 Å². The van der Waals surface area contributed by atoms with Crippen LogP contribution in [0.4, 0.5) is 0 Å². The molecule has 0 aromatic heterocycles. The first-order valence-electron chi connectivity index (χ1n) is 5.23. The van der Waals surface area contributed by atoms with Gasteiger partial charge in [-0.1, -0.05) is 18.2 Å². The fraction of sp³-hybridized carbons (Fsp3) is 0.182. The van der Waals surface area contributed by atoms with Gasteiger partial charge in [0.15, 0.2) is 0 Å². The van der Waals surface area contributed by atoms with Gasteiger partial charge in [0.25, 0.3) is 10.1 Å². The quantitative estimate of drug-likeness (QED) is 0.355. The monoisotopic (exact) mass is 342 g/mol. The Morgan fingerprint density at radius 3 is 1.73 bits per heavy atom. The van der Waals surface area contributed by atoms with Gasteiger partial charge in [-0.05, 0) is 12.1 Å². The molecule has 116 valence electrons. The molecule has 1 unspecified atom stereocenters. The van der Waals surface area contributed by atoms with Crippen LogP contribution in [0.5, 0.6) is 0 Å². The Bertz CT molecular complexity index is 612. The first kappa shape index (κ1) is 22.8. The predicted octanol–water partition coefficient (Wildman–Crippen LogP) is -4.14. The van der Waals surface area contributed by atoms with Crippen molar-refractivity contribution in [3.63, 3.8) is 0 Å². The van der Waals surface area contributed by atoms with Crippen LogP contribution in [-0.4, -0.2) is 46.3 Å². The number of carbonyl (C=O) groups excluding carboxylic acids is 1. The minimum atomic E-state index is -4.90. The van der Waals surface area contributed by atoms with E-state index in [0.29, 0.717) is 5.56 Å². The molecule has 0 aliphatic rings. The fourth-order valence-corrected chi connectivity index (χ4v) is 1.65. The molecular weight excluding hydrogens is 331 g/mol. The molecule has 1 aromatic carbocycles. The SMILES string of the molecule is O=C(O)CC(C(=O)[O-])S(=O)(=O)O.O=C(O)c1ccccc1.[Na+]. The molecule has 9 nitrogen and oxygen atoms in total. The Hall–Kier alpha value is -1.46. The van der Waals surface area contributed by atoms with E-state index in [0.717, 1.165) is 0 Å². The molecule has 11 heteroatoms. The molecule has 1 rings (SSSR count). The number of aliphatic carboxylic acids is 2. The molecule has 0 fully saturated rings. The summed E-state index contributed by atoms with van der Waals surface area (Å²) in [6.45, 7) is 0. The number of hydrogen-bond donors (Lipinski definition) is 3. The molecule has 0 saturated heterocycles. The van der Waals surface area contributed by atoms with E-state index in [-0.39, 0.29) is 29.6 Å². The molecule has 1 aromatic rings. The molecule has 1 atom stereocenters. The molecule has 22 heavy (non-hydrogen) atoms. The first-order chi connectivity index (χ1) is 9.55. The van der Waals surface area contributed by atoms with E-state index in [9.17, 15) is 27.9 Å². The summed E-state index contributed by atoms with van der Waals surface area (Å²) in [4.78, 5) is 30.1. The number of carboxylic acids is 3. The molecule has 0 radical (unpaired) electrons. The van der Waals surface area contributed by atoms with Crippen molar-refractivity contribution in [2.75, 3.05) is 0 Å². The Morgan fingerprint density at radius 1 is 1.09 bits per heavy atom. The van der Waals surface area contributed by atoms with Gasteiger partial charge in [0.2, 0.25) is 0 Å². The Labute approximate surface area is 147 Å². The van der Waals surface area contributed by atoms with Crippen molar-refractivity contribution in [1.29, 1.82) is 0 Å². The van der Waals surface area contributed by atoms with Crippen molar-refractivity contribution in [2.24, 2.45) is 0 Å². The van der Waals surface area contributed by atoms with Gasteiger partial charge in [0.05, 0.1) is 18.0 Å². The fourth-order valence-electron chi connectivity index (χ4n) is 1.05. The van der Waals surface area contributed by atoms with Crippen molar-refractivity contribution in [1.82, 2.24) is 0 Å². The summed E-state index contributed by atoms with van der Waals surface area (Å²) >= 11 is 0. The molecule has 0 spiro atoms. The number of aromatic carboxylic acids is 1. The Balaban J connectivity index is 0. The molecule has 0 bridgehead atoms. The number of benzene rings is 1. The topological polar surface area (TPSA) is 169 Å². The van der Waals surface area contributed by atoms with Gasteiger partial charge in [-0.15, -0.1) is 0 Å². The number of rotatable bonds is 5. The van der Waals surface area contributed by atoms with Crippen molar-refractivity contribution in [3.05, 3.63) is 35.9 Å². The van der Waals surface area contributed by atoms with E-state index < -0.39 is 39.7 Å². The molecular formula is C11H11NaO9S. The standard InChI is InChI=1S/C7H6O2.C4H6O7S.Na/c8-7(9)6-4-2-1-3-5-6;5-3(6)1-2(4(7)8)12(9,10)11;/h1-5H,(H,8,9);2H,1H2,(H,5,6)(H,7,8)(H,9,10,11);/q;;+1/p-1. The average molecular weight is 342 g/mol. The van der Waals surface area contributed by atoms with E-state index in [1.807, 2.05) is 0 Å². The number of carboxylic acid groups (broad SMARTS) is 3. The van der Waals surface area contributed by atoms with Crippen molar-refractivity contribution in [2.45, 2.75) is 11.7 Å². The maximum absolute atomic E-state index is 10.2. The van der Waals surface area contributed by atoms with E-state index in [4.69, 9.17) is 14.8 Å². The maximum Gasteiger partial charge on any atom is 1.00 e. The third-order valence-electron chi connectivity index (χ3n) is 2.00. The van der Waals surface area contributed by atoms with Gasteiger partial charge in [-0.2, -0.15) is 8.42 Å². The van der Waals surface area contributed by atoms with Crippen LogP contribution in [0.2, 0.25) is 0 Å². The maximum atomic E-state index is 10.2. The molecule has 0 heterocycles. The van der Waals surface area contributed by atoms with Gasteiger partial charge >= 0.3 is 41.5 Å². The normalized spacial score (nSPS) is 11.1. The third-order valence-corrected chi connectivity index (χ3v) is 3.08. The molecule has 0 amide bonds. The number of hydrogen-bond acceptors (Lipinski definition) is 6. The van der Waals surface area contributed by atoms with E-state index in [1.165, 1.54) is 0 Å². The smallest absolute Gasteiger partial charge is 0.549 e. The zero-order chi connectivity index (χ0) is 16.6. The van der Waals surface area contributed by atoms with Crippen LogP contribution in [0.15, 0.2) is 30.3 Å². The van der Waals surface area contributed by atoms with Gasteiger partial charge in [0.1, 0.15) is 5.25 Å². The van der Waals surface area contributed by atoms with Crippen molar-refractivity contribution in [3.8, 4) is 0 Å². The summed E-state index contributed by atoms with van der Waals surface area (Å²) in [6, 6.07) is 8.30. The summed E-state index contributed by atoms with van der Waals surface area (Å²) in [5.74, 6) is -4.67. The second-order valence-corrected chi connectivity index (χ2v) is 5.19. The predicted molar refractivity (Wildman–Crippen MR) is 66.0 cm³/mol. The molecule has 3 N–H and O–H groups in total. The summed E-state index contributed by atoms with van der Waals surface area (Å²) in [5.41, 5.74) is 0.331. The van der Waals surface area contributed by atoms with Crippen LogP contribution >= 0.6 is 0 Å². The molecule has 0 saturated carbocycles. The minimum Gasteiger partial charge on any atom is -0.549 e. The Morgan fingerprint density at radius 2 is 1.55 bits per heavy atom. The van der Waals surface area contributed by atoms with Gasteiger partial charge < -0.3 is 20.1 Å². The summed E-state index contributed by atoms with van der Waals surface area (Å²) in [7, 11) is -4.90. The average Bonchev–Trinajstić information content (AvgIpc) is 2.36. The second-order valence-electron chi connectivity index (χ2n) is 3.59. The minimum absolute atomic E-state index is 0. The van der Waals surface area contributed by atoms with Crippen LogP contribution < -0.4 is 34.7 Å². The summed E-state index contributed by atoms with van der Waals surface area (Å²) in [6.07, 6.45) is -1.22. The summed E-state index contributed by atoms with van der Waals surface area (Å²) in [5, 5.41) is 24.0. The van der Waals surface area contributed by atoms with Gasteiger partial charge in [-0.3, -0.25) is 9.35 Å².